The summed E-state index contributed by atoms with van der Waals surface area (Å²) in [5, 5.41) is 0. The van der Waals surface area contributed by atoms with Gasteiger partial charge in [-0.25, -0.2) is 0 Å². The van der Waals surface area contributed by atoms with Gasteiger partial charge in [-0.2, -0.15) is 0 Å². The molecule has 0 amide bonds. The average Bonchev–Trinajstić information content (AvgIpc) is 2.26. The van der Waals surface area contributed by atoms with Crippen molar-refractivity contribution in [3.8, 4) is 0 Å². The molecule has 0 spiro atoms. The second-order valence-corrected chi connectivity index (χ2v) is 2.82. The van der Waals surface area contributed by atoms with Gasteiger partial charge in [0.1, 0.15) is 0 Å². The third-order valence-corrected chi connectivity index (χ3v) is 1.61. The summed E-state index contributed by atoms with van der Waals surface area (Å²) < 4.78 is 25.3. The van der Waals surface area contributed by atoms with Crippen molar-refractivity contribution >= 4 is 18.9 Å². The summed E-state index contributed by atoms with van der Waals surface area (Å²) >= 11 is 0. The Bertz CT molecular complexity index is 103. The van der Waals surface area contributed by atoms with Gasteiger partial charge in [0.25, 0.3) is 0 Å². The van der Waals surface area contributed by atoms with E-state index in [4.69, 9.17) is 23.7 Å². The molecular weight excluding hydrogens is 207 g/mol. The Kier molecular flexibility index (Phi) is 20.8. The van der Waals surface area contributed by atoms with E-state index in [0.717, 1.165) is 0 Å². The first-order chi connectivity index (χ1) is 7.41. The van der Waals surface area contributed by atoms with Gasteiger partial charge in [0, 0.05) is 14.2 Å². The van der Waals surface area contributed by atoms with E-state index in [2.05, 4.69) is 0 Å². The molecule has 16 heavy (non-hydrogen) atoms. The predicted octanol–water partition coefficient (Wildman–Crippen LogP) is -0.319. The molecule has 0 aromatic carbocycles. The van der Waals surface area contributed by atoms with Crippen LogP contribution >= 0.6 is 0 Å². The van der Waals surface area contributed by atoms with Gasteiger partial charge in [0.2, 0.25) is 0 Å². The van der Waals surface area contributed by atoms with Crippen LogP contribution in [0.25, 0.3) is 0 Å². The molecule has 0 aliphatic rings. The van der Waals surface area contributed by atoms with Crippen molar-refractivity contribution in [3.05, 3.63) is 0 Å². The van der Waals surface area contributed by atoms with E-state index < -0.39 is 0 Å². The molecular formula is C10H23LiO5. The monoisotopic (exact) mass is 230 g/mol. The van der Waals surface area contributed by atoms with Crippen LogP contribution in [-0.4, -0.2) is 85.9 Å². The van der Waals surface area contributed by atoms with Crippen LogP contribution in [0, 0.1) is 0 Å². The summed E-state index contributed by atoms with van der Waals surface area (Å²) in [5.74, 6) is 0. The van der Waals surface area contributed by atoms with Crippen LogP contribution < -0.4 is 0 Å². The minimum atomic E-state index is 0. The molecule has 0 saturated carbocycles. The minimum absolute atomic E-state index is 0. The zero-order valence-corrected chi connectivity index (χ0v) is 9.70. The van der Waals surface area contributed by atoms with Crippen LogP contribution in [0.2, 0.25) is 0 Å². The van der Waals surface area contributed by atoms with Crippen molar-refractivity contribution in [2.75, 3.05) is 67.1 Å². The fourth-order valence-corrected chi connectivity index (χ4v) is 0.826. The van der Waals surface area contributed by atoms with Gasteiger partial charge >= 0.3 is 18.9 Å². The molecule has 0 aromatic rings. The van der Waals surface area contributed by atoms with Crippen LogP contribution in [0.4, 0.5) is 0 Å². The van der Waals surface area contributed by atoms with Gasteiger partial charge in [-0.05, 0) is 0 Å². The molecule has 0 aliphatic heterocycles. The third-order valence-electron chi connectivity index (χ3n) is 1.61. The van der Waals surface area contributed by atoms with E-state index in [1.54, 1.807) is 14.2 Å². The van der Waals surface area contributed by atoms with Gasteiger partial charge in [0.15, 0.2) is 0 Å². The number of rotatable bonds is 12. The Morgan fingerprint density at radius 3 is 1.00 bits per heavy atom. The number of methoxy groups -OCH3 is 2. The standard InChI is InChI=1S/C10H22O5.Li.H/c1-11-3-5-13-7-9-15-10-8-14-6-4-12-2;;/h3-10H2,1-2H3;;. The molecule has 0 atom stereocenters. The van der Waals surface area contributed by atoms with Crippen LogP contribution in [-0.2, 0) is 23.7 Å². The molecule has 0 bridgehead atoms. The first kappa shape index (κ1) is 18.8. The normalized spacial score (nSPS) is 10.1. The average molecular weight is 230 g/mol. The second kappa shape index (κ2) is 17.8. The Morgan fingerprint density at radius 1 is 0.500 bits per heavy atom. The summed E-state index contributed by atoms with van der Waals surface area (Å²) in [6, 6.07) is 0. The number of hydrogen-bond acceptors (Lipinski definition) is 5. The van der Waals surface area contributed by atoms with Crippen LogP contribution in [0.5, 0.6) is 0 Å². The van der Waals surface area contributed by atoms with Crippen molar-refractivity contribution in [1.82, 2.24) is 0 Å². The van der Waals surface area contributed by atoms with Crippen LogP contribution in [0.15, 0.2) is 0 Å². The van der Waals surface area contributed by atoms with Gasteiger partial charge in [-0.3, -0.25) is 0 Å². The van der Waals surface area contributed by atoms with Crippen LogP contribution in [0.1, 0.15) is 0 Å². The zero-order chi connectivity index (χ0) is 11.2. The third kappa shape index (κ3) is 16.8. The van der Waals surface area contributed by atoms with Gasteiger partial charge in [-0.15, -0.1) is 0 Å². The van der Waals surface area contributed by atoms with Gasteiger partial charge < -0.3 is 23.7 Å². The van der Waals surface area contributed by atoms with Crippen molar-refractivity contribution < 1.29 is 23.7 Å². The van der Waals surface area contributed by atoms with E-state index >= 15 is 0 Å². The van der Waals surface area contributed by atoms with Crippen molar-refractivity contribution in [2.45, 2.75) is 0 Å². The van der Waals surface area contributed by atoms with Crippen molar-refractivity contribution in [3.63, 3.8) is 0 Å². The topological polar surface area (TPSA) is 46.2 Å². The summed E-state index contributed by atoms with van der Waals surface area (Å²) in [4.78, 5) is 0. The fraction of sp³-hybridized carbons (Fsp3) is 1.00. The molecule has 0 aromatic heterocycles. The molecule has 0 rings (SSSR count). The molecule has 0 heterocycles. The Labute approximate surface area is 110 Å². The quantitative estimate of drug-likeness (QED) is 0.340. The molecule has 6 heteroatoms. The Hall–Kier alpha value is 0.397. The van der Waals surface area contributed by atoms with E-state index in [1.165, 1.54) is 0 Å². The molecule has 0 unspecified atom stereocenters. The summed E-state index contributed by atoms with van der Waals surface area (Å²) in [6.45, 7) is 4.87. The first-order valence-electron chi connectivity index (χ1n) is 5.13. The van der Waals surface area contributed by atoms with Gasteiger partial charge in [-0.1, -0.05) is 0 Å². The molecule has 0 fully saturated rings. The van der Waals surface area contributed by atoms with E-state index in [9.17, 15) is 0 Å². The summed E-state index contributed by atoms with van der Waals surface area (Å²) in [6.07, 6.45) is 0. The maximum atomic E-state index is 5.26. The number of ether oxygens (including phenoxy) is 5. The van der Waals surface area contributed by atoms with Gasteiger partial charge in [0.05, 0.1) is 52.9 Å². The zero-order valence-electron chi connectivity index (χ0n) is 9.70. The predicted molar refractivity (Wildman–Crippen MR) is 63.4 cm³/mol. The van der Waals surface area contributed by atoms with Crippen molar-refractivity contribution in [2.24, 2.45) is 0 Å². The maximum absolute atomic E-state index is 5.26. The second-order valence-electron chi connectivity index (χ2n) is 2.82. The summed E-state index contributed by atoms with van der Waals surface area (Å²) in [5.41, 5.74) is 0. The summed E-state index contributed by atoms with van der Waals surface area (Å²) in [7, 11) is 3.30. The van der Waals surface area contributed by atoms with Crippen LogP contribution in [0.3, 0.4) is 0 Å². The van der Waals surface area contributed by atoms with E-state index in [-0.39, 0.29) is 18.9 Å². The van der Waals surface area contributed by atoms with E-state index in [1.807, 2.05) is 0 Å². The van der Waals surface area contributed by atoms with Crippen molar-refractivity contribution in [1.29, 1.82) is 0 Å². The first-order valence-corrected chi connectivity index (χ1v) is 5.13. The molecule has 5 nitrogen and oxygen atoms in total. The molecule has 0 saturated heterocycles. The Balaban J connectivity index is 0. The molecule has 0 aliphatic carbocycles. The molecule has 94 valence electrons. The fourth-order valence-electron chi connectivity index (χ4n) is 0.826. The SMILES string of the molecule is COCCOCCOCCOCCOC.[LiH]. The van der Waals surface area contributed by atoms with E-state index in [0.29, 0.717) is 52.9 Å². The molecule has 0 radical (unpaired) electrons. The Morgan fingerprint density at radius 2 is 0.750 bits per heavy atom. The number of hydrogen-bond donors (Lipinski definition) is 0. The molecule has 0 N–H and O–H groups in total.